The molecule has 5 heteroatoms. The number of aromatic nitrogens is 1. The third-order valence-electron chi connectivity index (χ3n) is 3.14. The number of nitrogens with zero attached hydrogens (tertiary/aromatic N) is 1. The number of carbonyl (C=O) groups excluding carboxylic acids is 3. The molecule has 2 heterocycles. The molecule has 0 bridgehead atoms. The molecule has 1 aromatic heterocycles. The molecule has 0 saturated carbocycles. The van der Waals surface area contributed by atoms with Crippen LogP contribution >= 0.6 is 0 Å². The number of carbonyl (C=O) groups is 1. The Hall–Kier alpha value is -2.00. The van der Waals surface area contributed by atoms with Gasteiger partial charge in [0.25, 0.3) is 0 Å². The quantitative estimate of drug-likeness (QED) is 0.805. The van der Waals surface area contributed by atoms with Gasteiger partial charge >= 0.3 is 6.15 Å². The maximum absolute atomic E-state index is 11.5. The van der Waals surface area contributed by atoms with E-state index in [4.69, 9.17) is 9.59 Å². The third-order valence-corrected chi connectivity index (χ3v) is 3.14. The normalized spacial score (nSPS) is 25.7. The molecule has 0 unspecified atom stereocenters. The monoisotopic (exact) mass is 248 g/mol. The molecule has 1 saturated heterocycles. The molecule has 0 spiro atoms. The van der Waals surface area contributed by atoms with Crippen LogP contribution in [0.1, 0.15) is 31.0 Å². The topological polar surface area (TPSA) is 76.1 Å². The first-order valence-electron chi connectivity index (χ1n) is 5.73. The van der Waals surface area contributed by atoms with Gasteiger partial charge in [-0.25, -0.2) is 0 Å². The largest absolute Gasteiger partial charge is 0.373 e. The van der Waals surface area contributed by atoms with Gasteiger partial charge in [0.2, 0.25) is 5.91 Å². The van der Waals surface area contributed by atoms with E-state index >= 15 is 0 Å². The molecule has 18 heavy (non-hydrogen) atoms. The molecule has 1 N–H and O–H groups in total. The number of hydrogen-bond donors (Lipinski definition) is 1. The summed E-state index contributed by atoms with van der Waals surface area (Å²) in [7, 11) is 0. The summed E-state index contributed by atoms with van der Waals surface area (Å²) in [6.07, 6.45) is 2.11. The molecule has 2 rings (SSSR count). The summed E-state index contributed by atoms with van der Waals surface area (Å²) < 4.78 is 0. The van der Waals surface area contributed by atoms with Crippen molar-refractivity contribution in [1.82, 2.24) is 10.3 Å². The SMILES string of the molecule is Cc1ccc([C@@H]2[C@H](C)NC(=O)[C@H]2C)nc1.O=C=O. The Kier molecular flexibility index (Phi) is 4.75. The van der Waals surface area contributed by atoms with Gasteiger partial charge in [0, 0.05) is 29.8 Å². The van der Waals surface area contributed by atoms with Crippen LogP contribution in [0.5, 0.6) is 0 Å². The second kappa shape index (κ2) is 6.07. The predicted molar refractivity (Wildman–Crippen MR) is 63.5 cm³/mol. The van der Waals surface area contributed by atoms with Crippen LogP contribution in [0.25, 0.3) is 0 Å². The van der Waals surface area contributed by atoms with Gasteiger partial charge in [0.05, 0.1) is 0 Å². The van der Waals surface area contributed by atoms with E-state index in [0.717, 1.165) is 11.3 Å². The number of aryl methyl sites for hydroxylation is 1. The summed E-state index contributed by atoms with van der Waals surface area (Å²) >= 11 is 0. The summed E-state index contributed by atoms with van der Waals surface area (Å²) in [4.78, 5) is 32.1. The first kappa shape index (κ1) is 14.1. The van der Waals surface area contributed by atoms with Crippen LogP contribution in [0, 0.1) is 12.8 Å². The summed E-state index contributed by atoms with van der Waals surface area (Å²) in [5, 5.41) is 2.95. The minimum Gasteiger partial charge on any atom is -0.353 e. The summed E-state index contributed by atoms with van der Waals surface area (Å²) in [6, 6.07) is 4.25. The number of hydrogen-bond acceptors (Lipinski definition) is 4. The number of rotatable bonds is 1. The Labute approximate surface area is 106 Å². The first-order valence-corrected chi connectivity index (χ1v) is 5.73. The fraction of sp³-hybridized carbons (Fsp3) is 0.462. The molecule has 0 radical (unpaired) electrons. The van der Waals surface area contributed by atoms with Crippen LogP contribution in [-0.2, 0) is 14.4 Å². The molecule has 1 aromatic rings. The van der Waals surface area contributed by atoms with Crippen molar-refractivity contribution < 1.29 is 14.4 Å². The third kappa shape index (κ3) is 3.02. The Morgan fingerprint density at radius 1 is 1.28 bits per heavy atom. The zero-order valence-electron chi connectivity index (χ0n) is 10.6. The molecule has 1 aliphatic heterocycles. The zero-order valence-corrected chi connectivity index (χ0v) is 10.6. The van der Waals surface area contributed by atoms with Crippen LogP contribution in [-0.4, -0.2) is 23.1 Å². The molecule has 0 aromatic carbocycles. The molecule has 0 aliphatic carbocycles. The van der Waals surface area contributed by atoms with Crippen LogP contribution in [0.2, 0.25) is 0 Å². The van der Waals surface area contributed by atoms with Gasteiger partial charge < -0.3 is 5.32 Å². The Balaban J connectivity index is 0.000000492. The Morgan fingerprint density at radius 3 is 2.28 bits per heavy atom. The molecule has 3 atom stereocenters. The van der Waals surface area contributed by atoms with E-state index in [1.54, 1.807) is 0 Å². The smallest absolute Gasteiger partial charge is 0.353 e. The van der Waals surface area contributed by atoms with Crippen LogP contribution < -0.4 is 5.32 Å². The van der Waals surface area contributed by atoms with Gasteiger partial charge in [0.15, 0.2) is 0 Å². The van der Waals surface area contributed by atoms with Gasteiger partial charge in [-0.05, 0) is 25.5 Å². The van der Waals surface area contributed by atoms with Crippen molar-refractivity contribution >= 4 is 12.1 Å². The maximum Gasteiger partial charge on any atom is 0.373 e. The van der Waals surface area contributed by atoms with Crippen molar-refractivity contribution in [1.29, 1.82) is 0 Å². The van der Waals surface area contributed by atoms with E-state index in [0.29, 0.717) is 0 Å². The van der Waals surface area contributed by atoms with E-state index in [1.807, 2.05) is 39.1 Å². The number of amides is 1. The zero-order chi connectivity index (χ0) is 13.7. The van der Waals surface area contributed by atoms with Crippen molar-refractivity contribution in [2.75, 3.05) is 0 Å². The lowest BCUT2D eigenvalue weighted by Gasteiger charge is -2.16. The molecule has 1 amide bonds. The highest BCUT2D eigenvalue weighted by atomic mass is 16.2. The predicted octanol–water partition coefficient (Wildman–Crippen LogP) is 1.04. The lowest BCUT2D eigenvalue weighted by Crippen LogP contribution is -2.24. The lowest BCUT2D eigenvalue weighted by molar-refractivity contribution is -0.191. The second-order valence-electron chi connectivity index (χ2n) is 4.46. The lowest BCUT2D eigenvalue weighted by atomic mass is 9.89. The van der Waals surface area contributed by atoms with Gasteiger partial charge in [-0.2, -0.15) is 9.59 Å². The molecular weight excluding hydrogens is 232 g/mol. The van der Waals surface area contributed by atoms with Crippen molar-refractivity contribution in [3.05, 3.63) is 29.6 Å². The Morgan fingerprint density at radius 2 is 1.89 bits per heavy atom. The average molecular weight is 248 g/mol. The summed E-state index contributed by atoms with van der Waals surface area (Å²) in [5.41, 5.74) is 2.16. The van der Waals surface area contributed by atoms with E-state index in [2.05, 4.69) is 10.3 Å². The fourth-order valence-electron chi connectivity index (χ4n) is 2.23. The Bertz CT molecular complexity index is 450. The summed E-state index contributed by atoms with van der Waals surface area (Å²) in [5.74, 6) is 0.364. The van der Waals surface area contributed by atoms with Crippen molar-refractivity contribution in [3.8, 4) is 0 Å². The van der Waals surface area contributed by atoms with Gasteiger partial charge in [-0.3, -0.25) is 9.78 Å². The standard InChI is InChI=1S/C12H16N2O.CO2/c1-7-4-5-10(13-6-7)11-8(2)12(15)14-9(11)3;2-1-3/h4-6,8-9,11H,1-3H3,(H,14,15);/t8-,9-,11-;/m0./s1. The average Bonchev–Trinajstić information content (AvgIpc) is 2.56. The van der Waals surface area contributed by atoms with Gasteiger partial charge in [0.1, 0.15) is 0 Å². The molecule has 5 nitrogen and oxygen atoms in total. The van der Waals surface area contributed by atoms with Gasteiger partial charge in [-0.15, -0.1) is 0 Å². The highest BCUT2D eigenvalue weighted by Gasteiger charge is 2.38. The fourth-order valence-corrected chi connectivity index (χ4v) is 2.23. The van der Waals surface area contributed by atoms with E-state index in [9.17, 15) is 4.79 Å². The minimum atomic E-state index is 0.0233. The number of nitrogens with one attached hydrogen (secondary N) is 1. The molecule has 1 fully saturated rings. The van der Waals surface area contributed by atoms with Crippen molar-refractivity contribution in [2.24, 2.45) is 5.92 Å². The molecular formula is C13H16N2O3. The highest BCUT2D eigenvalue weighted by Crippen LogP contribution is 2.31. The minimum absolute atomic E-state index is 0.0233. The van der Waals surface area contributed by atoms with E-state index in [-0.39, 0.29) is 29.9 Å². The summed E-state index contributed by atoms with van der Waals surface area (Å²) in [6.45, 7) is 6.01. The second-order valence-corrected chi connectivity index (χ2v) is 4.46. The van der Waals surface area contributed by atoms with Crippen LogP contribution in [0.15, 0.2) is 18.3 Å². The first-order chi connectivity index (χ1) is 8.51. The van der Waals surface area contributed by atoms with Crippen molar-refractivity contribution in [3.63, 3.8) is 0 Å². The number of pyridine rings is 1. The molecule has 96 valence electrons. The highest BCUT2D eigenvalue weighted by molar-refractivity contribution is 5.82. The van der Waals surface area contributed by atoms with Gasteiger partial charge in [-0.1, -0.05) is 13.0 Å². The van der Waals surface area contributed by atoms with Crippen LogP contribution in [0.4, 0.5) is 0 Å². The van der Waals surface area contributed by atoms with Crippen molar-refractivity contribution in [2.45, 2.75) is 32.7 Å². The van der Waals surface area contributed by atoms with Crippen LogP contribution in [0.3, 0.4) is 0 Å². The van der Waals surface area contributed by atoms with E-state index < -0.39 is 0 Å². The maximum atomic E-state index is 11.5. The van der Waals surface area contributed by atoms with E-state index in [1.165, 1.54) is 0 Å². The molecule has 1 aliphatic rings.